The number of rotatable bonds is 5. The maximum Gasteiger partial charge on any atom is 0.313 e. The highest BCUT2D eigenvalue weighted by Crippen LogP contribution is 2.18. The molecule has 2 rings (SSSR count). The van der Waals surface area contributed by atoms with Crippen LogP contribution in [0.4, 0.5) is 8.78 Å². The molecule has 0 fully saturated rings. The van der Waals surface area contributed by atoms with E-state index in [-0.39, 0.29) is 23.6 Å². The van der Waals surface area contributed by atoms with E-state index in [2.05, 4.69) is 10.1 Å². The van der Waals surface area contributed by atoms with Gasteiger partial charge in [-0.1, -0.05) is 17.8 Å². The largest absolute Gasteiger partial charge is 0.481 e. The zero-order valence-electron chi connectivity index (χ0n) is 10.5. The van der Waals surface area contributed by atoms with Crippen molar-refractivity contribution in [3.05, 3.63) is 41.2 Å². The smallest absolute Gasteiger partial charge is 0.313 e. The number of halogens is 2. The van der Waals surface area contributed by atoms with Crippen LogP contribution in [0.1, 0.15) is 11.4 Å². The van der Waals surface area contributed by atoms with Crippen molar-refractivity contribution in [3.63, 3.8) is 0 Å². The van der Waals surface area contributed by atoms with Crippen LogP contribution in [0.15, 0.2) is 23.4 Å². The molecule has 20 heavy (non-hydrogen) atoms. The van der Waals surface area contributed by atoms with E-state index in [9.17, 15) is 13.6 Å². The normalized spacial score (nSPS) is 10.8. The zero-order chi connectivity index (χ0) is 14.7. The summed E-state index contributed by atoms with van der Waals surface area (Å²) in [5.74, 6) is -2.20. The monoisotopic (exact) mass is 299 g/mol. The van der Waals surface area contributed by atoms with Crippen molar-refractivity contribution in [1.82, 2.24) is 14.8 Å². The van der Waals surface area contributed by atoms with Crippen LogP contribution in [-0.2, 0) is 18.3 Å². The SMILES string of the molecule is Cn1nc(Cc2c(F)cccc2F)nc1SCC(=O)O. The second kappa shape index (κ2) is 6.00. The number of aromatic nitrogens is 3. The van der Waals surface area contributed by atoms with E-state index in [4.69, 9.17) is 5.11 Å². The molecule has 0 atom stereocenters. The Bertz CT molecular complexity index is 625. The minimum Gasteiger partial charge on any atom is -0.481 e. The standard InChI is InChI=1S/C12H11F2N3O2S/c1-17-12(20-6-11(18)19)15-10(16-17)5-7-8(13)3-2-4-9(7)14/h2-4H,5-6H2,1H3,(H,18,19). The number of carboxylic acids is 1. The van der Waals surface area contributed by atoms with Crippen molar-refractivity contribution in [2.75, 3.05) is 5.75 Å². The van der Waals surface area contributed by atoms with Crippen molar-refractivity contribution in [2.24, 2.45) is 7.05 Å². The number of benzene rings is 1. The van der Waals surface area contributed by atoms with Crippen LogP contribution >= 0.6 is 11.8 Å². The molecule has 8 heteroatoms. The Labute approximate surface area is 117 Å². The van der Waals surface area contributed by atoms with E-state index in [1.54, 1.807) is 7.05 Å². The molecule has 1 aromatic heterocycles. The van der Waals surface area contributed by atoms with Gasteiger partial charge in [0.05, 0.1) is 5.75 Å². The van der Waals surface area contributed by atoms with Crippen LogP contribution in [-0.4, -0.2) is 31.6 Å². The van der Waals surface area contributed by atoms with Gasteiger partial charge in [-0.15, -0.1) is 0 Å². The fourth-order valence-corrected chi connectivity index (χ4v) is 2.26. The van der Waals surface area contributed by atoms with E-state index >= 15 is 0 Å². The summed E-state index contributed by atoms with van der Waals surface area (Å²) in [5.41, 5.74) is -0.104. The third-order valence-corrected chi connectivity index (χ3v) is 3.49. The number of hydrogen-bond acceptors (Lipinski definition) is 4. The molecule has 0 bridgehead atoms. The number of carbonyl (C=O) groups is 1. The Morgan fingerprint density at radius 2 is 2.05 bits per heavy atom. The first kappa shape index (κ1) is 14.4. The average Bonchev–Trinajstić information content (AvgIpc) is 2.72. The predicted octanol–water partition coefficient (Wildman–Crippen LogP) is 1.86. The molecule has 0 amide bonds. The molecule has 0 aliphatic heterocycles. The summed E-state index contributed by atoms with van der Waals surface area (Å²) < 4.78 is 28.4. The van der Waals surface area contributed by atoms with Gasteiger partial charge in [-0.25, -0.2) is 18.4 Å². The highest BCUT2D eigenvalue weighted by Gasteiger charge is 2.14. The molecule has 1 N–H and O–H groups in total. The fraction of sp³-hybridized carbons (Fsp3) is 0.250. The lowest BCUT2D eigenvalue weighted by molar-refractivity contribution is -0.133. The van der Waals surface area contributed by atoms with Crippen LogP contribution in [0.5, 0.6) is 0 Å². The number of aliphatic carboxylic acids is 1. The van der Waals surface area contributed by atoms with Crippen LogP contribution in [0, 0.1) is 11.6 Å². The van der Waals surface area contributed by atoms with E-state index in [1.807, 2.05) is 0 Å². The van der Waals surface area contributed by atoms with Crippen molar-refractivity contribution < 1.29 is 18.7 Å². The Balaban J connectivity index is 2.18. The first-order valence-corrected chi connectivity index (χ1v) is 6.63. The minimum atomic E-state index is -0.973. The zero-order valence-corrected chi connectivity index (χ0v) is 11.3. The summed E-state index contributed by atoms with van der Waals surface area (Å²) in [6, 6.07) is 3.62. The lowest BCUT2D eigenvalue weighted by Crippen LogP contribution is -2.00. The number of carboxylic acid groups (broad SMARTS) is 1. The quantitative estimate of drug-likeness (QED) is 0.854. The molecule has 0 aliphatic carbocycles. The van der Waals surface area contributed by atoms with Gasteiger partial charge in [0.25, 0.3) is 0 Å². The van der Waals surface area contributed by atoms with Crippen molar-refractivity contribution in [2.45, 2.75) is 11.6 Å². The predicted molar refractivity (Wildman–Crippen MR) is 68.5 cm³/mol. The molecule has 0 spiro atoms. The highest BCUT2D eigenvalue weighted by atomic mass is 32.2. The van der Waals surface area contributed by atoms with Crippen molar-refractivity contribution >= 4 is 17.7 Å². The van der Waals surface area contributed by atoms with Crippen molar-refractivity contribution in [1.29, 1.82) is 0 Å². The molecule has 1 aromatic carbocycles. The highest BCUT2D eigenvalue weighted by molar-refractivity contribution is 7.99. The van der Waals surface area contributed by atoms with Gasteiger partial charge < -0.3 is 5.11 Å². The Kier molecular flexibility index (Phi) is 4.33. The number of nitrogens with zero attached hydrogens (tertiary/aromatic N) is 3. The number of hydrogen-bond donors (Lipinski definition) is 1. The third-order valence-electron chi connectivity index (χ3n) is 2.49. The van der Waals surface area contributed by atoms with Gasteiger partial charge in [-0.2, -0.15) is 5.10 Å². The third kappa shape index (κ3) is 3.32. The molecule has 0 radical (unpaired) electrons. The van der Waals surface area contributed by atoms with E-state index in [1.165, 1.54) is 22.9 Å². The van der Waals surface area contributed by atoms with E-state index < -0.39 is 17.6 Å². The molecule has 2 aromatic rings. The van der Waals surface area contributed by atoms with Crippen LogP contribution in [0.2, 0.25) is 0 Å². The van der Waals surface area contributed by atoms with Crippen LogP contribution < -0.4 is 0 Å². The molecule has 106 valence electrons. The number of thioether (sulfide) groups is 1. The summed E-state index contributed by atoms with van der Waals surface area (Å²) in [6.45, 7) is 0. The maximum atomic E-state index is 13.5. The lowest BCUT2D eigenvalue weighted by atomic mass is 10.1. The number of aryl methyl sites for hydroxylation is 1. The fourth-order valence-electron chi connectivity index (χ4n) is 1.61. The van der Waals surface area contributed by atoms with Crippen molar-refractivity contribution in [3.8, 4) is 0 Å². The minimum absolute atomic E-state index is 0.0834. The second-order valence-electron chi connectivity index (χ2n) is 3.99. The maximum absolute atomic E-state index is 13.5. The Morgan fingerprint density at radius 3 is 2.65 bits per heavy atom. The van der Waals surface area contributed by atoms with Gasteiger partial charge >= 0.3 is 5.97 Å². The van der Waals surface area contributed by atoms with Gasteiger partial charge in [0.2, 0.25) is 0 Å². The van der Waals surface area contributed by atoms with Gasteiger partial charge in [0, 0.05) is 19.0 Å². The first-order chi connectivity index (χ1) is 9.47. The summed E-state index contributed by atoms with van der Waals surface area (Å²) in [6.07, 6.45) is -0.0834. The summed E-state index contributed by atoms with van der Waals surface area (Å²) in [4.78, 5) is 14.6. The Hall–Kier alpha value is -1.96. The molecule has 0 unspecified atom stereocenters. The average molecular weight is 299 g/mol. The van der Waals surface area contributed by atoms with Gasteiger partial charge in [0.1, 0.15) is 11.6 Å². The van der Waals surface area contributed by atoms with Gasteiger partial charge in [0.15, 0.2) is 11.0 Å². The van der Waals surface area contributed by atoms with Gasteiger partial charge in [-0.05, 0) is 12.1 Å². The molecular weight excluding hydrogens is 288 g/mol. The molecular formula is C12H11F2N3O2S. The second-order valence-corrected chi connectivity index (χ2v) is 4.94. The topological polar surface area (TPSA) is 68.0 Å². The molecule has 0 saturated heterocycles. The molecule has 0 saturated carbocycles. The van der Waals surface area contributed by atoms with E-state index in [0.29, 0.717) is 5.16 Å². The molecule has 5 nitrogen and oxygen atoms in total. The lowest BCUT2D eigenvalue weighted by Gasteiger charge is -2.01. The van der Waals surface area contributed by atoms with Crippen LogP contribution in [0.25, 0.3) is 0 Å². The summed E-state index contributed by atoms with van der Waals surface area (Å²) >= 11 is 0.997. The first-order valence-electron chi connectivity index (χ1n) is 5.64. The summed E-state index contributed by atoms with van der Waals surface area (Å²) in [5, 5.41) is 13.0. The van der Waals surface area contributed by atoms with Crippen LogP contribution in [0.3, 0.4) is 0 Å². The van der Waals surface area contributed by atoms with Gasteiger partial charge in [-0.3, -0.25) is 4.79 Å². The Morgan fingerprint density at radius 1 is 1.40 bits per heavy atom. The summed E-state index contributed by atoms with van der Waals surface area (Å²) in [7, 11) is 1.60. The molecule has 0 aliphatic rings. The van der Waals surface area contributed by atoms with E-state index in [0.717, 1.165) is 11.8 Å². The molecule has 1 heterocycles.